The third kappa shape index (κ3) is 4.12. The van der Waals surface area contributed by atoms with Gasteiger partial charge in [-0.1, -0.05) is 49.0 Å². The van der Waals surface area contributed by atoms with Crippen molar-refractivity contribution >= 4 is 28.6 Å². The Morgan fingerprint density at radius 2 is 1.79 bits per heavy atom. The SMILES string of the molecule is CCc1ccccc1-n1c(S[C@H](C)C(=O)NC(C)C)nc2ccccc2c1=O. The third-order valence-corrected chi connectivity index (χ3v) is 5.49. The van der Waals surface area contributed by atoms with Gasteiger partial charge < -0.3 is 5.32 Å². The third-order valence-electron chi connectivity index (χ3n) is 4.44. The molecular formula is C22H25N3O2S. The van der Waals surface area contributed by atoms with Crippen LogP contribution in [0.25, 0.3) is 16.6 Å². The van der Waals surface area contributed by atoms with Crippen molar-refractivity contribution in [2.24, 2.45) is 0 Å². The van der Waals surface area contributed by atoms with Gasteiger partial charge in [0.2, 0.25) is 5.91 Å². The molecule has 0 spiro atoms. The number of rotatable bonds is 6. The van der Waals surface area contributed by atoms with Crippen LogP contribution >= 0.6 is 11.8 Å². The van der Waals surface area contributed by atoms with E-state index < -0.39 is 0 Å². The topological polar surface area (TPSA) is 64.0 Å². The number of fused-ring (bicyclic) bond motifs is 1. The summed E-state index contributed by atoms with van der Waals surface area (Å²) in [4.78, 5) is 30.5. The molecule has 0 saturated heterocycles. The summed E-state index contributed by atoms with van der Waals surface area (Å²) in [6.45, 7) is 7.75. The number of aromatic nitrogens is 2. The molecule has 0 saturated carbocycles. The Bertz CT molecular complexity index is 1060. The number of carbonyl (C=O) groups is 1. The first-order valence-electron chi connectivity index (χ1n) is 9.49. The average molecular weight is 396 g/mol. The molecule has 0 bridgehead atoms. The molecule has 1 N–H and O–H groups in total. The summed E-state index contributed by atoms with van der Waals surface area (Å²) in [6, 6.07) is 15.2. The monoisotopic (exact) mass is 395 g/mol. The highest BCUT2D eigenvalue weighted by Crippen LogP contribution is 2.26. The first-order chi connectivity index (χ1) is 13.4. The van der Waals surface area contributed by atoms with Gasteiger partial charge in [-0.2, -0.15) is 0 Å². The summed E-state index contributed by atoms with van der Waals surface area (Å²) in [6.07, 6.45) is 0.795. The number of aryl methyl sites for hydroxylation is 1. The van der Waals surface area contributed by atoms with Crippen LogP contribution in [-0.2, 0) is 11.2 Å². The molecular weight excluding hydrogens is 370 g/mol. The standard InChI is InChI=1S/C22H25N3O2S/c1-5-16-10-6-9-13-19(16)25-21(27)17-11-7-8-12-18(17)24-22(25)28-15(4)20(26)23-14(2)3/h6-15H,5H2,1-4H3,(H,23,26)/t15-/m1/s1. The van der Waals surface area contributed by atoms with Crippen molar-refractivity contribution in [3.05, 3.63) is 64.4 Å². The molecule has 0 unspecified atom stereocenters. The Hall–Kier alpha value is -2.60. The summed E-state index contributed by atoms with van der Waals surface area (Å²) in [5.41, 5.74) is 2.39. The van der Waals surface area contributed by atoms with Crippen molar-refractivity contribution in [2.45, 2.75) is 50.6 Å². The Balaban J connectivity index is 2.18. The van der Waals surface area contributed by atoms with E-state index >= 15 is 0 Å². The first-order valence-corrected chi connectivity index (χ1v) is 10.4. The molecule has 3 aromatic rings. The number of amides is 1. The van der Waals surface area contributed by atoms with Gasteiger partial charge in [0.25, 0.3) is 5.56 Å². The Labute approximate surface area is 169 Å². The van der Waals surface area contributed by atoms with Crippen LogP contribution in [0, 0.1) is 0 Å². The number of nitrogens with one attached hydrogen (secondary N) is 1. The zero-order valence-corrected chi connectivity index (χ0v) is 17.4. The zero-order valence-electron chi connectivity index (χ0n) is 16.6. The zero-order chi connectivity index (χ0) is 20.3. The van der Waals surface area contributed by atoms with Gasteiger partial charge in [0.1, 0.15) is 0 Å². The van der Waals surface area contributed by atoms with Crippen LogP contribution in [0.1, 0.15) is 33.3 Å². The molecule has 146 valence electrons. The smallest absolute Gasteiger partial charge is 0.266 e. The molecule has 1 amide bonds. The second-order valence-electron chi connectivity index (χ2n) is 6.96. The largest absolute Gasteiger partial charge is 0.353 e. The fourth-order valence-corrected chi connectivity index (χ4v) is 3.97. The molecule has 28 heavy (non-hydrogen) atoms. The molecule has 0 radical (unpaired) electrons. The molecule has 5 nitrogen and oxygen atoms in total. The molecule has 1 aromatic heterocycles. The van der Waals surface area contributed by atoms with E-state index in [4.69, 9.17) is 4.98 Å². The number of thioether (sulfide) groups is 1. The number of para-hydroxylation sites is 2. The van der Waals surface area contributed by atoms with Gasteiger partial charge in [0.15, 0.2) is 5.16 Å². The fraction of sp³-hybridized carbons (Fsp3) is 0.318. The number of hydrogen-bond donors (Lipinski definition) is 1. The predicted octanol–water partition coefficient (Wildman–Crippen LogP) is 3.95. The maximum absolute atomic E-state index is 13.4. The van der Waals surface area contributed by atoms with Gasteiger partial charge in [-0.05, 0) is 51.0 Å². The van der Waals surface area contributed by atoms with Crippen molar-refractivity contribution in [1.82, 2.24) is 14.9 Å². The van der Waals surface area contributed by atoms with Gasteiger partial charge in [0.05, 0.1) is 21.8 Å². The van der Waals surface area contributed by atoms with Crippen molar-refractivity contribution in [3.8, 4) is 5.69 Å². The summed E-state index contributed by atoms with van der Waals surface area (Å²) in [7, 11) is 0. The van der Waals surface area contributed by atoms with Crippen LogP contribution in [-0.4, -0.2) is 26.8 Å². The van der Waals surface area contributed by atoms with E-state index in [0.717, 1.165) is 17.7 Å². The summed E-state index contributed by atoms with van der Waals surface area (Å²) >= 11 is 1.30. The van der Waals surface area contributed by atoms with Gasteiger partial charge in [0, 0.05) is 6.04 Å². The number of nitrogens with zero attached hydrogens (tertiary/aromatic N) is 2. The quantitative estimate of drug-likeness (QED) is 0.507. The van der Waals surface area contributed by atoms with E-state index in [9.17, 15) is 9.59 Å². The molecule has 1 heterocycles. The minimum Gasteiger partial charge on any atom is -0.353 e. The van der Waals surface area contributed by atoms with E-state index in [1.54, 1.807) is 10.6 Å². The average Bonchev–Trinajstić information content (AvgIpc) is 2.68. The van der Waals surface area contributed by atoms with E-state index in [2.05, 4.69) is 12.2 Å². The predicted molar refractivity (Wildman–Crippen MR) is 115 cm³/mol. The molecule has 0 aliphatic heterocycles. The van der Waals surface area contributed by atoms with Crippen LogP contribution < -0.4 is 10.9 Å². The molecule has 2 aromatic carbocycles. The summed E-state index contributed by atoms with van der Waals surface area (Å²) in [5, 5.41) is 3.63. The highest BCUT2D eigenvalue weighted by Gasteiger charge is 2.21. The molecule has 0 aliphatic carbocycles. The molecule has 3 rings (SSSR count). The van der Waals surface area contributed by atoms with E-state index in [-0.39, 0.29) is 22.8 Å². The van der Waals surface area contributed by atoms with Gasteiger partial charge in [-0.3, -0.25) is 14.2 Å². The van der Waals surface area contributed by atoms with Gasteiger partial charge in [-0.15, -0.1) is 0 Å². The first kappa shape index (κ1) is 20.1. The lowest BCUT2D eigenvalue weighted by atomic mass is 10.1. The Morgan fingerprint density at radius 1 is 1.11 bits per heavy atom. The Kier molecular flexibility index (Phi) is 6.19. The summed E-state index contributed by atoms with van der Waals surface area (Å²) < 4.78 is 1.64. The minimum absolute atomic E-state index is 0.0584. The van der Waals surface area contributed by atoms with Gasteiger partial charge >= 0.3 is 0 Å². The maximum Gasteiger partial charge on any atom is 0.266 e. The van der Waals surface area contributed by atoms with Crippen LogP contribution in [0.4, 0.5) is 0 Å². The minimum atomic E-state index is -0.379. The summed E-state index contributed by atoms with van der Waals surface area (Å²) in [5.74, 6) is -0.0715. The van der Waals surface area contributed by atoms with Crippen molar-refractivity contribution in [2.75, 3.05) is 0 Å². The van der Waals surface area contributed by atoms with Crippen molar-refractivity contribution < 1.29 is 4.79 Å². The number of benzene rings is 2. The van der Waals surface area contributed by atoms with Crippen molar-refractivity contribution in [1.29, 1.82) is 0 Å². The maximum atomic E-state index is 13.4. The lowest BCUT2D eigenvalue weighted by molar-refractivity contribution is -0.120. The normalized spacial score (nSPS) is 12.3. The van der Waals surface area contributed by atoms with Crippen LogP contribution in [0.15, 0.2) is 58.5 Å². The number of hydrogen-bond acceptors (Lipinski definition) is 4. The fourth-order valence-electron chi connectivity index (χ4n) is 3.05. The second kappa shape index (κ2) is 8.61. The van der Waals surface area contributed by atoms with Gasteiger partial charge in [-0.25, -0.2) is 4.98 Å². The van der Waals surface area contributed by atoms with Crippen LogP contribution in [0.5, 0.6) is 0 Å². The van der Waals surface area contributed by atoms with Crippen LogP contribution in [0.2, 0.25) is 0 Å². The number of carbonyl (C=O) groups excluding carboxylic acids is 1. The molecule has 6 heteroatoms. The Morgan fingerprint density at radius 3 is 2.50 bits per heavy atom. The molecule has 1 atom stereocenters. The molecule has 0 fully saturated rings. The van der Waals surface area contributed by atoms with E-state index in [1.807, 2.05) is 63.2 Å². The second-order valence-corrected chi connectivity index (χ2v) is 8.27. The highest BCUT2D eigenvalue weighted by molar-refractivity contribution is 8.00. The van der Waals surface area contributed by atoms with Crippen molar-refractivity contribution in [3.63, 3.8) is 0 Å². The van der Waals surface area contributed by atoms with E-state index in [0.29, 0.717) is 16.1 Å². The highest BCUT2D eigenvalue weighted by atomic mass is 32.2. The van der Waals surface area contributed by atoms with E-state index in [1.165, 1.54) is 11.8 Å². The lowest BCUT2D eigenvalue weighted by Gasteiger charge is -2.19. The van der Waals surface area contributed by atoms with Crippen LogP contribution in [0.3, 0.4) is 0 Å². The molecule has 0 aliphatic rings. The lowest BCUT2D eigenvalue weighted by Crippen LogP contribution is -2.36.